The number of urea groups is 1. The van der Waals surface area contributed by atoms with Crippen molar-refractivity contribution in [3.63, 3.8) is 0 Å². The van der Waals surface area contributed by atoms with Crippen LogP contribution in [-0.2, 0) is 0 Å². The number of amides is 2. The van der Waals surface area contributed by atoms with E-state index in [9.17, 15) is 4.79 Å². The summed E-state index contributed by atoms with van der Waals surface area (Å²) in [4.78, 5) is 13.2. The normalized spacial score (nSPS) is 17.9. The van der Waals surface area contributed by atoms with Crippen LogP contribution < -0.4 is 5.32 Å². The Kier molecular flexibility index (Phi) is 3.40. The predicted octanol–water partition coefficient (Wildman–Crippen LogP) is 2.08. The smallest absolute Gasteiger partial charge is 0.317 e. The molecule has 0 aromatic carbocycles. The first kappa shape index (κ1) is 11.3. The molecule has 3 nitrogen and oxygen atoms in total. The number of likely N-dealkylation sites (tertiary alicyclic amines) is 1. The molecular weight excluding hydrogens is 176 g/mol. The molecule has 0 aliphatic carbocycles. The van der Waals surface area contributed by atoms with E-state index < -0.39 is 0 Å². The molecule has 1 heterocycles. The van der Waals surface area contributed by atoms with Gasteiger partial charge in [0.15, 0.2) is 0 Å². The first-order valence-electron chi connectivity index (χ1n) is 5.45. The molecule has 1 fully saturated rings. The van der Waals surface area contributed by atoms with Crippen molar-refractivity contribution in [3.05, 3.63) is 0 Å². The second-order valence-electron chi connectivity index (χ2n) is 5.37. The fourth-order valence-electron chi connectivity index (χ4n) is 1.99. The van der Waals surface area contributed by atoms with E-state index in [0.29, 0.717) is 11.3 Å². The van der Waals surface area contributed by atoms with E-state index >= 15 is 0 Å². The number of carbonyl (C=O) groups excluding carboxylic acids is 1. The molecule has 0 saturated carbocycles. The minimum atomic E-state index is 0.0951. The lowest BCUT2D eigenvalue weighted by Gasteiger charge is -2.41. The molecule has 1 N–H and O–H groups in total. The van der Waals surface area contributed by atoms with E-state index in [1.807, 2.05) is 11.8 Å². The molecule has 0 radical (unpaired) electrons. The minimum absolute atomic E-state index is 0.0951. The van der Waals surface area contributed by atoms with Gasteiger partial charge in [-0.15, -0.1) is 0 Å². The summed E-state index contributed by atoms with van der Waals surface area (Å²) in [5.74, 6) is 0.706. The summed E-state index contributed by atoms with van der Waals surface area (Å²) < 4.78 is 0. The third kappa shape index (κ3) is 3.20. The van der Waals surface area contributed by atoms with Crippen molar-refractivity contribution in [2.45, 2.75) is 34.1 Å². The van der Waals surface area contributed by atoms with Gasteiger partial charge in [-0.05, 0) is 24.7 Å². The van der Waals surface area contributed by atoms with Gasteiger partial charge in [0.05, 0.1) is 0 Å². The van der Waals surface area contributed by atoms with E-state index in [1.165, 1.54) is 6.42 Å². The number of nitrogens with zero attached hydrogens (tertiary/aromatic N) is 1. The molecule has 1 aliphatic heterocycles. The fourth-order valence-corrected chi connectivity index (χ4v) is 1.99. The van der Waals surface area contributed by atoms with Gasteiger partial charge >= 0.3 is 6.03 Å². The van der Waals surface area contributed by atoms with Gasteiger partial charge < -0.3 is 10.2 Å². The maximum atomic E-state index is 11.4. The lowest BCUT2D eigenvalue weighted by molar-refractivity contribution is 0.0934. The molecule has 0 bridgehead atoms. The molecule has 0 aromatic heterocycles. The van der Waals surface area contributed by atoms with Crippen LogP contribution >= 0.6 is 0 Å². The first-order valence-corrected chi connectivity index (χ1v) is 5.45. The number of hydrogen-bond acceptors (Lipinski definition) is 1. The van der Waals surface area contributed by atoms with Crippen LogP contribution in [0.15, 0.2) is 0 Å². The third-order valence-electron chi connectivity index (χ3n) is 2.47. The summed E-state index contributed by atoms with van der Waals surface area (Å²) in [6.45, 7) is 11.3. The predicted molar refractivity (Wildman–Crippen MR) is 58.2 cm³/mol. The van der Waals surface area contributed by atoms with Crippen molar-refractivity contribution in [3.8, 4) is 0 Å². The number of carbonyl (C=O) groups is 1. The Balaban J connectivity index is 2.20. The molecule has 14 heavy (non-hydrogen) atoms. The van der Waals surface area contributed by atoms with Crippen molar-refractivity contribution in [2.75, 3.05) is 19.6 Å². The second-order valence-corrected chi connectivity index (χ2v) is 5.37. The zero-order chi connectivity index (χ0) is 10.8. The fraction of sp³-hybridized carbons (Fsp3) is 0.909. The number of hydrogen-bond donors (Lipinski definition) is 1. The lowest BCUT2D eigenvalue weighted by Crippen LogP contribution is -2.54. The first-order chi connectivity index (χ1) is 6.42. The monoisotopic (exact) mass is 198 g/mol. The summed E-state index contributed by atoms with van der Waals surface area (Å²) >= 11 is 0. The summed E-state index contributed by atoms with van der Waals surface area (Å²) in [5.41, 5.74) is 0.387. The standard InChI is InChI=1S/C11H22N2O/c1-5-12-10(14)13-7-9(8-13)6-11(2,3)4/h9H,5-8H2,1-4H3,(H,12,14). The van der Waals surface area contributed by atoms with Gasteiger partial charge in [-0.25, -0.2) is 4.79 Å². The molecule has 2 amide bonds. The SMILES string of the molecule is CCNC(=O)N1CC(CC(C)(C)C)C1. The third-order valence-corrected chi connectivity index (χ3v) is 2.47. The molecule has 0 aromatic rings. The zero-order valence-electron chi connectivity index (χ0n) is 9.76. The Bertz CT molecular complexity index is 202. The Morgan fingerprint density at radius 1 is 1.43 bits per heavy atom. The van der Waals surface area contributed by atoms with E-state index in [4.69, 9.17) is 0 Å². The molecule has 1 rings (SSSR count). The highest BCUT2D eigenvalue weighted by Crippen LogP contribution is 2.29. The molecule has 0 spiro atoms. The Morgan fingerprint density at radius 3 is 2.43 bits per heavy atom. The molecular formula is C11H22N2O. The highest BCUT2D eigenvalue weighted by molar-refractivity contribution is 5.74. The van der Waals surface area contributed by atoms with Gasteiger partial charge in [-0.2, -0.15) is 0 Å². The lowest BCUT2D eigenvalue weighted by atomic mass is 9.81. The average molecular weight is 198 g/mol. The van der Waals surface area contributed by atoms with Gasteiger partial charge in [-0.3, -0.25) is 0 Å². The van der Waals surface area contributed by atoms with Crippen LogP contribution in [0.3, 0.4) is 0 Å². The van der Waals surface area contributed by atoms with Crippen molar-refractivity contribution in [1.29, 1.82) is 0 Å². The Labute approximate surface area is 86.9 Å². The molecule has 1 aliphatic rings. The molecule has 82 valence electrons. The van der Waals surface area contributed by atoms with Gasteiger partial charge in [0.1, 0.15) is 0 Å². The largest absolute Gasteiger partial charge is 0.338 e. The van der Waals surface area contributed by atoms with Crippen LogP contribution in [0, 0.1) is 11.3 Å². The minimum Gasteiger partial charge on any atom is -0.338 e. The van der Waals surface area contributed by atoms with E-state index in [-0.39, 0.29) is 6.03 Å². The zero-order valence-corrected chi connectivity index (χ0v) is 9.76. The van der Waals surface area contributed by atoms with Crippen LogP contribution in [0.25, 0.3) is 0 Å². The summed E-state index contributed by atoms with van der Waals surface area (Å²) in [6, 6.07) is 0.0951. The van der Waals surface area contributed by atoms with Crippen molar-refractivity contribution in [1.82, 2.24) is 10.2 Å². The maximum absolute atomic E-state index is 11.4. The highest BCUT2D eigenvalue weighted by atomic mass is 16.2. The molecule has 0 atom stereocenters. The highest BCUT2D eigenvalue weighted by Gasteiger charge is 2.32. The van der Waals surface area contributed by atoms with E-state index in [2.05, 4.69) is 26.1 Å². The van der Waals surface area contributed by atoms with Gasteiger partial charge in [0, 0.05) is 19.6 Å². The maximum Gasteiger partial charge on any atom is 0.317 e. The average Bonchev–Trinajstić information content (AvgIpc) is 1.94. The van der Waals surface area contributed by atoms with Crippen LogP contribution in [0.5, 0.6) is 0 Å². The van der Waals surface area contributed by atoms with Crippen LogP contribution in [0.2, 0.25) is 0 Å². The second kappa shape index (κ2) is 4.20. The van der Waals surface area contributed by atoms with Gasteiger partial charge in [-0.1, -0.05) is 20.8 Å². The number of rotatable bonds is 2. The Hall–Kier alpha value is -0.730. The van der Waals surface area contributed by atoms with Crippen molar-refractivity contribution in [2.24, 2.45) is 11.3 Å². The summed E-state index contributed by atoms with van der Waals surface area (Å²) in [6.07, 6.45) is 1.21. The van der Waals surface area contributed by atoms with E-state index in [0.717, 1.165) is 19.6 Å². The molecule has 0 unspecified atom stereocenters. The van der Waals surface area contributed by atoms with Crippen LogP contribution in [0.4, 0.5) is 4.79 Å². The van der Waals surface area contributed by atoms with Gasteiger partial charge in [0.25, 0.3) is 0 Å². The topological polar surface area (TPSA) is 32.3 Å². The van der Waals surface area contributed by atoms with Crippen LogP contribution in [-0.4, -0.2) is 30.6 Å². The molecule has 3 heteroatoms. The quantitative estimate of drug-likeness (QED) is 0.724. The summed E-state index contributed by atoms with van der Waals surface area (Å²) in [5, 5.41) is 2.82. The van der Waals surface area contributed by atoms with Gasteiger partial charge in [0.2, 0.25) is 0 Å². The number of nitrogens with one attached hydrogen (secondary N) is 1. The van der Waals surface area contributed by atoms with E-state index in [1.54, 1.807) is 0 Å². The van der Waals surface area contributed by atoms with Crippen LogP contribution in [0.1, 0.15) is 34.1 Å². The molecule has 1 saturated heterocycles. The van der Waals surface area contributed by atoms with Crippen molar-refractivity contribution < 1.29 is 4.79 Å². The Morgan fingerprint density at radius 2 is 2.00 bits per heavy atom. The summed E-state index contributed by atoms with van der Waals surface area (Å²) in [7, 11) is 0. The van der Waals surface area contributed by atoms with Crippen molar-refractivity contribution >= 4 is 6.03 Å².